The Bertz CT molecular complexity index is 322. The van der Waals surface area contributed by atoms with E-state index in [-0.39, 0.29) is 5.82 Å². The quantitative estimate of drug-likeness (QED) is 0.743. The molecule has 0 atom stereocenters. The molecule has 15 heavy (non-hydrogen) atoms. The van der Waals surface area contributed by atoms with Crippen LogP contribution in [0, 0.1) is 5.82 Å². The Morgan fingerprint density at radius 3 is 2.27 bits per heavy atom. The predicted molar refractivity (Wildman–Crippen MR) is 63.8 cm³/mol. The van der Waals surface area contributed by atoms with E-state index in [1.54, 1.807) is 31.3 Å². The van der Waals surface area contributed by atoms with Gasteiger partial charge in [0.15, 0.2) is 0 Å². The molecule has 0 saturated carbocycles. The molecule has 0 spiro atoms. The summed E-state index contributed by atoms with van der Waals surface area (Å²) in [6.07, 6.45) is 3.27. The van der Waals surface area contributed by atoms with E-state index < -0.39 is 0 Å². The van der Waals surface area contributed by atoms with Crippen LogP contribution in [0.15, 0.2) is 41.0 Å². The Kier molecular flexibility index (Phi) is 6.89. The second kappa shape index (κ2) is 7.74. The molecule has 0 aliphatic heterocycles. The van der Waals surface area contributed by atoms with Gasteiger partial charge in [-0.3, -0.25) is 4.99 Å². The van der Waals surface area contributed by atoms with Crippen molar-refractivity contribution in [1.29, 1.82) is 0 Å². The van der Waals surface area contributed by atoms with Crippen molar-refractivity contribution in [2.45, 2.75) is 20.8 Å². The molecular formula is C12H17FN2. The molecule has 2 nitrogen and oxygen atoms in total. The van der Waals surface area contributed by atoms with Crippen molar-refractivity contribution in [2.75, 3.05) is 0 Å². The normalized spacial score (nSPS) is 11.1. The van der Waals surface area contributed by atoms with E-state index in [0.717, 1.165) is 0 Å². The summed E-state index contributed by atoms with van der Waals surface area (Å²) in [5.41, 5.74) is 6.78. The summed E-state index contributed by atoms with van der Waals surface area (Å²) in [6.45, 7) is 5.77. The average molecular weight is 208 g/mol. The first kappa shape index (κ1) is 13.4. The van der Waals surface area contributed by atoms with Gasteiger partial charge in [-0.15, -0.1) is 0 Å². The number of benzene rings is 1. The summed E-state index contributed by atoms with van der Waals surface area (Å²) in [5, 5.41) is 0. The van der Waals surface area contributed by atoms with Gasteiger partial charge in [0, 0.05) is 11.9 Å². The molecule has 1 rings (SSSR count). The standard InChI is InChI=1S/C10H11FN2.C2H6/c1-8(12)6-7-13-10-4-2-9(11)3-5-10;1-2/h2-7H,12H2,1H3;1-2H3/b8-6-,13-7?;. The van der Waals surface area contributed by atoms with Gasteiger partial charge >= 0.3 is 0 Å². The molecule has 0 heterocycles. The van der Waals surface area contributed by atoms with Crippen LogP contribution in [-0.2, 0) is 0 Å². The minimum Gasteiger partial charge on any atom is -0.402 e. The van der Waals surface area contributed by atoms with Crippen LogP contribution in [0.3, 0.4) is 0 Å². The molecule has 0 radical (unpaired) electrons. The topological polar surface area (TPSA) is 38.4 Å². The van der Waals surface area contributed by atoms with Crippen LogP contribution in [0.25, 0.3) is 0 Å². The number of halogens is 1. The highest BCUT2D eigenvalue weighted by atomic mass is 19.1. The number of rotatable bonds is 2. The highest BCUT2D eigenvalue weighted by Crippen LogP contribution is 2.10. The lowest BCUT2D eigenvalue weighted by molar-refractivity contribution is 0.628. The Morgan fingerprint density at radius 1 is 1.27 bits per heavy atom. The van der Waals surface area contributed by atoms with Crippen LogP contribution in [0.5, 0.6) is 0 Å². The first-order chi connectivity index (χ1) is 7.18. The first-order valence-corrected chi connectivity index (χ1v) is 4.90. The smallest absolute Gasteiger partial charge is 0.123 e. The highest BCUT2D eigenvalue weighted by Gasteiger charge is 1.88. The van der Waals surface area contributed by atoms with E-state index in [1.165, 1.54) is 12.1 Å². The Labute approximate surface area is 90.3 Å². The average Bonchev–Trinajstić information content (AvgIpc) is 2.23. The van der Waals surface area contributed by atoms with Crippen LogP contribution >= 0.6 is 0 Å². The van der Waals surface area contributed by atoms with Gasteiger partial charge in [0.25, 0.3) is 0 Å². The molecule has 1 aromatic carbocycles. The van der Waals surface area contributed by atoms with Gasteiger partial charge in [0.05, 0.1) is 5.69 Å². The lowest BCUT2D eigenvalue weighted by Gasteiger charge is -1.91. The van der Waals surface area contributed by atoms with Crippen molar-refractivity contribution < 1.29 is 4.39 Å². The van der Waals surface area contributed by atoms with Gasteiger partial charge in [-0.2, -0.15) is 0 Å². The maximum Gasteiger partial charge on any atom is 0.123 e. The fourth-order valence-corrected chi connectivity index (χ4v) is 0.768. The molecule has 0 saturated heterocycles. The Morgan fingerprint density at radius 2 is 1.80 bits per heavy atom. The molecule has 0 amide bonds. The van der Waals surface area contributed by atoms with Crippen LogP contribution in [0.4, 0.5) is 10.1 Å². The number of nitrogens with zero attached hydrogens (tertiary/aromatic N) is 1. The van der Waals surface area contributed by atoms with E-state index in [4.69, 9.17) is 5.73 Å². The lowest BCUT2D eigenvalue weighted by Crippen LogP contribution is -1.89. The molecule has 0 aliphatic rings. The van der Waals surface area contributed by atoms with Gasteiger partial charge in [-0.25, -0.2) is 4.39 Å². The fourth-order valence-electron chi connectivity index (χ4n) is 0.768. The minimum atomic E-state index is -0.260. The Balaban J connectivity index is 0.000000921. The molecular weight excluding hydrogens is 191 g/mol. The van der Waals surface area contributed by atoms with Crippen molar-refractivity contribution in [2.24, 2.45) is 10.7 Å². The van der Waals surface area contributed by atoms with E-state index >= 15 is 0 Å². The predicted octanol–water partition coefficient (Wildman–Crippen LogP) is 3.42. The van der Waals surface area contributed by atoms with E-state index in [1.807, 2.05) is 13.8 Å². The van der Waals surface area contributed by atoms with Gasteiger partial charge in [-0.05, 0) is 37.3 Å². The number of allylic oxidation sites excluding steroid dienone is 2. The lowest BCUT2D eigenvalue weighted by atomic mass is 10.3. The number of hydrogen-bond acceptors (Lipinski definition) is 2. The summed E-state index contributed by atoms with van der Waals surface area (Å²) in [6, 6.07) is 5.94. The number of aliphatic imine (C=N–C) groups is 1. The molecule has 0 bridgehead atoms. The van der Waals surface area contributed by atoms with Gasteiger partial charge in [-0.1, -0.05) is 13.8 Å². The molecule has 0 aromatic heterocycles. The zero-order chi connectivity index (χ0) is 11.7. The van der Waals surface area contributed by atoms with Crippen LogP contribution in [0.2, 0.25) is 0 Å². The van der Waals surface area contributed by atoms with Crippen molar-refractivity contribution in [3.8, 4) is 0 Å². The number of nitrogens with two attached hydrogens (primary N) is 1. The van der Waals surface area contributed by atoms with Crippen LogP contribution in [-0.4, -0.2) is 6.21 Å². The summed E-state index contributed by atoms with van der Waals surface area (Å²) in [5.74, 6) is -0.260. The summed E-state index contributed by atoms with van der Waals surface area (Å²) >= 11 is 0. The maximum absolute atomic E-state index is 12.5. The maximum atomic E-state index is 12.5. The van der Waals surface area contributed by atoms with Gasteiger partial charge in [0.1, 0.15) is 5.82 Å². The SMILES string of the molecule is C/C(N)=C/C=Nc1ccc(F)cc1.CC. The van der Waals surface area contributed by atoms with Gasteiger partial charge < -0.3 is 5.73 Å². The summed E-state index contributed by atoms with van der Waals surface area (Å²) in [7, 11) is 0. The molecule has 2 N–H and O–H groups in total. The van der Waals surface area contributed by atoms with Crippen molar-refractivity contribution in [3.05, 3.63) is 41.9 Å². The third-order valence-electron chi connectivity index (χ3n) is 1.39. The summed E-state index contributed by atoms with van der Waals surface area (Å²) < 4.78 is 12.5. The molecule has 82 valence electrons. The first-order valence-electron chi connectivity index (χ1n) is 4.90. The molecule has 0 fully saturated rings. The molecule has 1 aromatic rings. The van der Waals surface area contributed by atoms with E-state index in [9.17, 15) is 4.39 Å². The van der Waals surface area contributed by atoms with Crippen molar-refractivity contribution >= 4 is 11.9 Å². The Hall–Kier alpha value is -1.64. The van der Waals surface area contributed by atoms with Crippen LogP contribution in [0.1, 0.15) is 20.8 Å². The third-order valence-corrected chi connectivity index (χ3v) is 1.39. The van der Waals surface area contributed by atoms with Crippen molar-refractivity contribution in [1.82, 2.24) is 0 Å². The zero-order valence-corrected chi connectivity index (χ0v) is 9.37. The van der Waals surface area contributed by atoms with Crippen molar-refractivity contribution in [3.63, 3.8) is 0 Å². The monoisotopic (exact) mass is 208 g/mol. The van der Waals surface area contributed by atoms with Gasteiger partial charge in [0.2, 0.25) is 0 Å². The minimum absolute atomic E-state index is 0.260. The number of hydrogen-bond donors (Lipinski definition) is 1. The van der Waals surface area contributed by atoms with E-state index in [2.05, 4.69) is 4.99 Å². The zero-order valence-electron chi connectivity index (χ0n) is 9.37. The molecule has 3 heteroatoms. The second-order valence-corrected chi connectivity index (χ2v) is 2.67. The third kappa shape index (κ3) is 6.43. The molecule has 0 unspecified atom stereocenters. The van der Waals surface area contributed by atoms with E-state index in [0.29, 0.717) is 11.4 Å². The summed E-state index contributed by atoms with van der Waals surface area (Å²) in [4.78, 5) is 4.04. The molecule has 0 aliphatic carbocycles. The van der Waals surface area contributed by atoms with Crippen LogP contribution < -0.4 is 5.73 Å². The fraction of sp³-hybridized carbons (Fsp3) is 0.250. The second-order valence-electron chi connectivity index (χ2n) is 2.67. The largest absolute Gasteiger partial charge is 0.402 e. The highest BCUT2D eigenvalue weighted by molar-refractivity contribution is 5.74.